The van der Waals surface area contributed by atoms with E-state index in [0.29, 0.717) is 16.6 Å². The standard InChI is InChI=1S/C16H16BrF2N/c1-10-3-5-13(8-15(10)18)11(2)20-9-12-4-6-14(17)16(19)7-12/h3-8,11,20H,9H2,1-2H3. The van der Waals surface area contributed by atoms with E-state index >= 15 is 0 Å². The van der Waals surface area contributed by atoms with E-state index in [1.807, 2.05) is 19.1 Å². The Morgan fingerprint density at radius 2 is 1.85 bits per heavy atom. The van der Waals surface area contributed by atoms with Gasteiger partial charge in [-0.2, -0.15) is 0 Å². The van der Waals surface area contributed by atoms with Gasteiger partial charge in [0.05, 0.1) is 4.47 Å². The molecule has 1 N–H and O–H groups in total. The third-order valence-corrected chi connectivity index (χ3v) is 3.94. The van der Waals surface area contributed by atoms with E-state index in [4.69, 9.17) is 0 Å². The fraction of sp³-hybridized carbons (Fsp3) is 0.250. The topological polar surface area (TPSA) is 12.0 Å². The van der Waals surface area contributed by atoms with E-state index in [1.165, 1.54) is 12.1 Å². The van der Waals surface area contributed by atoms with Crippen molar-refractivity contribution in [2.75, 3.05) is 0 Å². The summed E-state index contributed by atoms with van der Waals surface area (Å²) < 4.78 is 27.4. The van der Waals surface area contributed by atoms with Crippen molar-refractivity contribution in [3.63, 3.8) is 0 Å². The van der Waals surface area contributed by atoms with Crippen molar-refractivity contribution in [2.45, 2.75) is 26.4 Å². The number of hydrogen-bond acceptors (Lipinski definition) is 1. The van der Waals surface area contributed by atoms with E-state index in [9.17, 15) is 8.78 Å². The first-order valence-corrected chi connectivity index (χ1v) is 7.20. The van der Waals surface area contributed by atoms with Gasteiger partial charge in [-0.25, -0.2) is 8.78 Å². The maximum atomic E-state index is 13.5. The van der Waals surface area contributed by atoms with E-state index in [0.717, 1.165) is 11.1 Å². The SMILES string of the molecule is Cc1ccc(C(C)NCc2ccc(Br)c(F)c2)cc1F. The Morgan fingerprint density at radius 1 is 1.10 bits per heavy atom. The highest BCUT2D eigenvalue weighted by atomic mass is 79.9. The second-order valence-corrected chi connectivity index (χ2v) is 5.71. The van der Waals surface area contributed by atoms with Gasteiger partial charge >= 0.3 is 0 Å². The van der Waals surface area contributed by atoms with Crippen LogP contribution in [-0.2, 0) is 6.54 Å². The number of halogens is 3. The van der Waals surface area contributed by atoms with Crippen molar-refractivity contribution in [2.24, 2.45) is 0 Å². The molecular formula is C16H16BrF2N. The molecule has 0 heterocycles. The summed E-state index contributed by atoms with van der Waals surface area (Å²) in [5.74, 6) is -0.482. The molecule has 0 aliphatic carbocycles. The molecule has 1 atom stereocenters. The number of aryl methyl sites for hydroxylation is 1. The number of benzene rings is 2. The summed E-state index contributed by atoms with van der Waals surface area (Å²) >= 11 is 3.12. The van der Waals surface area contributed by atoms with Gasteiger partial charge in [0.25, 0.3) is 0 Å². The molecular weight excluding hydrogens is 324 g/mol. The largest absolute Gasteiger partial charge is 0.306 e. The van der Waals surface area contributed by atoms with Crippen LogP contribution < -0.4 is 5.32 Å². The highest BCUT2D eigenvalue weighted by Gasteiger charge is 2.08. The predicted molar refractivity (Wildman–Crippen MR) is 80.5 cm³/mol. The van der Waals surface area contributed by atoms with Gasteiger partial charge in [-0.3, -0.25) is 0 Å². The van der Waals surface area contributed by atoms with Crippen LogP contribution in [0.1, 0.15) is 29.7 Å². The first-order chi connectivity index (χ1) is 9.47. The zero-order valence-corrected chi connectivity index (χ0v) is 13.0. The monoisotopic (exact) mass is 339 g/mol. The van der Waals surface area contributed by atoms with Crippen LogP contribution in [0.2, 0.25) is 0 Å². The first-order valence-electron chi connectivity index (χ1n) is 6.40. The molecule has 0 amide bonds. The number of rotatable bonds is 4. The highest BCUT2D eigenvalue weighted by Crippen LogP contribution is 2.19. The van der Waals surface area contributed by atoms with Crippen LogP contribution in [0.3, 0.4) is 0 Å². The maximum Gasteiger partial charge on any atom is 0.137 e. The van der Waals surface area contributed by atoms with Gasteiger partial charge < -0.3 is 5.32 Å². The van der Waals surface area contributed by atoms with Crippen LogP contribution in [0.4, 0.5) is 8.78 Å². The van der Waals surface area contributed by atoms with Gasteiger partial charge in [0, 0.05) is 12.6 Å². The molecule has 20 heavy (non-hydrogen) atoms. The lowest BCUT2D eigenvalue weighted by molar-refractivity contribution is 0.559. The number of nitrogens with one attached hydrogen (secondary N) is 1. The molecule has 106 valence electrons. The first kappa shape index (κ1) is 15.1. The summed E-state index contributed by atoms with van der Waals surface area (Å²) in [7, 11) is 0. The number of hydrogen-bond donors (Lipinski definition) is 1. The summed E-state index contributed by atoms with van der Waals surface area (Å²) in [5, 5.41) is 3.26. The predicted octanol–water partition coefficient (Wildman–Crippen LogP) is 4.89. The molecule has 2 aromatic carbocycles. The minimum atomic E-state index is -0.279. The summed E-state index contributed by atoms with van der Waals surface area (Å²) in [6.45, 7) is 4.22. The van der Waals surface area contributed by atoms with Crippen LogP contribution in [0, 0.1) is 18.6 Å². The van der Waals surface area contributed by atoms with Crippen LogP contribution in [-0.4, -0.2) is 0 Å². The van der Waals surface area contributed by atoms with Crippen molar-refractivity contribution >= 4 is 15.9 Å². The zero-order chi connectivity index (χ0) is 14.7. The van der Waals surface area contributed by atoms with Crippen molar-refractivity contribution < 1.29 is 8.78 Å². The molecule has 0 fully saturated rings. The fourth-order valence-electron chi connectivity index (χ4n) is 1.92. The molecule has 0 aliphatic heterocycles. The Bertz CT molecular complexity index is 613. The Morgan fingerprint density at radius 3 is 2.50 bits per heavy atom. The van der Waals surface area contributed by atoms with Gasteiger partial charge in [-0.05, 0) is 64.7 Å². The summed E-state index contributed by atoms with van der Waals surface area (Å²) in [6, 6.07) is 10.2. The van der Waals surface area contributed by atoms with Crippen LogP contribution in [0.25, 0.3) is 0 Å². The zero-order valence-electron chi connectivity index (χ0n) is 11.4. The molecule has 4 heteroatoms. The van der Waals surface area contributed by atoms with E-state index < -0.39 is 0 Å². The minimum absolute atomic E-state index is 0.00296. The van der Waals surface area contributed by atoms with E-state index in [2.05, 4.69) is 21.2 Å². The van der Waals surface area contributed by atoms with Crippen molar-refractivity contribution in [3.05, 3.63) is 69.2 Å². The Balaban J connectivity index is 2.02. The average Bonchev–Trinajstić information content (AvgIpc) is 2.43. The van der Waals surface area contributed by atoms with Gasteiger partial charge in [0.15, 0.2) is 0 Å². The summed E-state index contributed by atoms with van der Waals surface area (Å²) in [5.41, 5.74) is 2.37. The van der Waals surface area contributed by atoms with Crippen LogP contribution >= 0.6 is 15.9 Å². The smallest absolute Gasteiger partial charge is 0.137 e. The second-order valence-electron chi connectivity index (χ2n) is 4.86. The minimum Gasteiger partial charge on any atom is -0.306 e. The molecule has 2 aromatic rings. The molecule has 1 unspecified atom stereocenters. The normalized spacial score (nSPS) is 12.4. The van der Waals surface area contributed by atoms with Gasteiger partial charge in [-0.1, -0.05) is 18.2 Å². The van der Waals surface area contributed by atoms with Crippen molar-refractivity contribution in [1.29, 1.82) is 0 Å². The molecule has 0 spiro atoms. The fourth-order valence-corrected chi connectivity index (χ4v) is 2.16. The Kier molecular flexibility index (Phi) is 4.89. The third kappa shape index (κ3) is 3.64. The quantitative estimate of drug-likeness (QED) is 0.836. The average molecular weight is 340 g/mol. The molecule has 0 saturated heterocycles. The summed E-state index contributed by atoms with van der Waals surface area (Å²) in [4.78, 5) is 0. The highest BCUT2D eigenvalue weighted by molar-refractivity contribution is 9.10. The van der Waals surface area contributed by atoms with E-state index in [1.54, 1.807) is 19.1 Å². The Hall–Kier alpha value is -1.26. The van der Waals surface area contributed by atoms with Crippen molar-refractivity contribution in [1.82, 2.24) is 5.32 Å². The lowest BCUT2D eigenvalue weighted by Gasteiger charge is -2.15. The lowest BCUT2D eigenvalue weighted by Crippen LogP contribution is -2.18. The van der Waals surface area contributed by atoms with Crippen molar-refractivity contribution in [3.8, 4) is 0 Å². The molecule has 1 nitrogen and oxygen atoms in total. The molecule has 0 bridgehead atoms. The molecule has 0 aliphatic rings. The molecule has 0 radical (unpaired) electrons. The third-order valence-electron chi connectivity index (χ3n) is 3.29. The molecule has 0 aromatic heterocycles. The van der Waals surface area contributed by atoms with Gasteiger partial charge in [0.1, 0.15) is 11.6 Å². The van der Waals surface area contributed by atoms with Crippen LogP contribution in [0.15, 0.2) is 40.9 Å². The lowest BCUT2D eigenvalue weighted by atomic mass is 10.1. The van der Waals surface area contributed by atoms with Crippen LogP contribution in [0.5, 0.6) is 0 Å². The maximum absolute atomic E-state index is 13.5. The van der Waals surface area contributed by atoms with Gasteiger partial charge in [-0.15, -0.1) is 0 Å². The molecule has 0 saturated carbocycles. The van der Waals surface area contributed by atoms with E-state index in [-0.39, 0.29) is 17.7 Å². The Labute approximate surface area is 126 Å². The summed E-state index contributed by atoms with van der Waals surface area (Å²) in [6.07, 6.45) is 0. The second kappa shape index (κ2) is 6.46. The van der Waals surface area contributed by atoms with Gasteiger partial charge in [0.2, 0.25) is 0 Å². The molecule has 2 rings (SSSR count).